The average Bonchev–Trinajstić information content (AvgIpc) is 3.60. The van der Waals surface area contributed by atoms with Crippen molar-refractivity contribution in [1.82, 2.24) is 15.0 Å². The molecule has 3 heterocycles. The zero-order valence-corrected chi connectivity index (χ0v) is 14.7. The molecule has 1 aliphatic carbocycles. The van der Waals surface area contributed by atoms with Crippen molar-refractivity contribution in [2.24, 2.45) is 0 Å². The van der Waals surface area contributed by atoms with Crippen LogP contribution in [0.25, 0.3) is 39.5 Å². The Balaban J connectivity index is 1.64. The first-order valence-electron chi connectivity index (χ1n) is 9.01. The molecule has 1 aromatic carbocycles. The molecule has 0 unspecified atom stereocenters. The van der Waals surface area contributed by atoms with Crippen LogP contribution in [0.15, 0.2) is 91.3 Å². The Morgan fingerprint density at radius 2 is 1.11 bits per heavy atom. The molecule has 0 saturated heterocycles. The SMILES string of the molecule is C1=C(c2ccc(-c3cc(-c4ccccn4)nc(-c4ccccn4)c3)cc2)C1. The highest BCUT2D eigenvalue weighted by Gasteiger charge is 2.12. The molecule has 3 nitrogen and oxygen atoms in total. The molecular formula is C24H17N3. The van der Waals surface area contributed by atoms with Crippen molar-refractivity contribution >= 4 is 5.57 Å². The monoisotopic (exact) mass is 347 g/mol. The number of hydrogen-bond donors (Lipinski definition) is 0. The lowest BCUT2D eigenvalue weighted by molar-refractivity contribution is 1.22. The summed E-state index contributed by atoms with van der Waals surface area (Å²) in [5.74, 6) is 0. The Labute approximate surface area is 158 Å². The van der Waals surface area contributed by atoms with Crippen LogP contribution < -0.4 is 0 Å². The van der Waals surface area contributed by atoms with Gasteiger partial charge in [0, 0.05) is 12.4 Å². The first-order chi connectivity index (χ1) is 13.4. The summed E-state index contributed by atoms with van der Waals surface area (Å²) in [7, 11) is 0. The lowest BCUT2D eigenvalue weighted by atomic mass is 10.0. The average molecular weight is 347 g/mol. The van der Waals surface area contributed by atoms with Gasteiger partial charge in [-0.25, -0.2) is 4.98 Å². The number of aromatic nitrogens is 3. The summed E-state index contributed by atoms with van der Waals surface area (Å²) in [5, 5.41) is 0. The summed E-state index contributed by atoms with van der Waals surface area (Å²) < 4.78 is 0. The number of nitrogens with zero attached hydrogens (tertiary/aromatic N) is 3. The van der Waals surface area contributed by atoms with Crippen LogP contribution in [0.5, 0.6) is 0 Å². The van der Waals surface area contributed by atoms with E-state index in [0.29, 0.717) is 0 Å². The normalized spacial score (nSPS) is 12.5. The summed E-state index contributed by atoms with van der Waals surface area (Å²) in [4.78, 5) is 13.8. The zero-order valence-electron chi connectivity index (χ0n) is 14.7. The van der Waals surface area contributed by atoms with E-state index in [-0.39, 0.29) is 0 Å². The van der Waals surface area contributed by atoms with Crippen molar-refractivity contribution in [2.45, 2.75) is 6.42 Å². The van der Waals surface area contributed by atoms with Crippen molar-refractivity contribution in [2.75, 3.05) is 0 Å². The van der Waals surface area contributed by atoms with E-state index in [4.69, 9.17) is 4.98 Å². The number of benzene rings is 1. The van der Waals surface area contributed by atoms with Crippen LogP contribution in [0.1, 0.15) is 12.0 Å². The lowest BCUT2D eigenvalue weighted by Crippen LogP contribution is -1.93. The smallest absolute Gasteiger partial charge is 0.0900 e. The molecule has 0 N–H and O–H groups in total. The zero-order chi connectivity index (χ0) is 18.1. The quantitative estimate of drug-likeness (QED) is 0.478. The van der Waals surface area contributed by atoms with Crippen LogP contribution >= 0.6 is 0 Å². The fourth-order valence-corrected chi connectivity index (χ4v) is 3.15. The van der Waals surface area contributed by atoms with Gasteiger partial charge < -0.3 is 0 Å². The van der Waals surface area contributed by atoms with E-state index < -0.39 is 0 Å². The molecule has 3 heteroatoms. The Morgan fingerprint density at radius 3 is 1.59 bits per heavy atom. The molecule has 0 atom stereocenters. The van der Waals surface area contributed by atoms with Crippen molar-refractivity contribution < 1.29 is 0 Å². The first-order valence-corrected chi connectivity index (χ1v) is 9.01. The molecule has 0 fully saturated rings. The Bertz CT molecular complexity index is 1060. The standard InChI is InChI=1S/C24H17N3/c1-3-13-25-21(5-1)23-15-20(16-24(27-23)22-6-2-4-14-26-22)19-11-9-18(10-12-19)17-7-8-17/h1-7,9-16H,8H2. The van der Waals surface area contributed by atoms with Gasteiger partial charge in [0.1, 0.15) is 0 Å². The molecule has 0 radical (unpaired) electrons. The van der Waals surface area contributed by atoms with Gasteiger partial charge in [0.25, 0.3) is 0 Å². The van der Waals surface area contributed by atoms with Gasteiger partial charge >= 0.3 is 0 Å². The van der Waals surface area contributed by atoms with Crippen LogP contribution in [0, 0.1) is 0 Å². The number of hydrogen-bond acceptors (Lipinski definition) is 3. The molecular weight excluding hydrogens is 330 g/mol. The maximum absolute atomic E-state index is 4.82. The fraction of sp³-hybridized carbons (Fsp3) is 0.0417. The van der Waals surface area contributed by atoms with Crippen molar-refractivity contribution in [3.05, 3.63) is 96.8 Å². The lowest BCUT2D eigenvalue weighted by Gasteiger charge is -2.09. The minimum atomic E-state index is 0.850. The molecule has 5 rings (SSSR count). The Hall–Kier alpha value is -3.59. The van der Waals surface area contributed by atoms with E-state index in [0.717, 1.165) is 40.3 Å². The molecule has 0 amide bonds. The van der Waals surface area contributed by atoms with E-state index in [9.17, 15) is 0 Å². The summed E-state index contributed by atoms with van der Waals surface area (Å²) in [6.45, 7) is 0. The second kappa shape index (κ2) is 6.61. The topological polar surface area (TPSA) is 38.7 Å². The van der Waals surface area contributed by atoms with Gasteiger partial charge in [-0.2, -0.15) is 0 Å². The highest BCUT2D eigenvalue weighted by atomic mass is 14.8. The predicted molar refractivity (Wildman–Crippen MR) is 109 cm³/mol. The second-order valence-corrected chi connectivity index (χ2v) is 6.57. The van der Waals surface area contributed by atoms with E-state index in [1.54, 1.807) is 12.4 Å². The maximum Gasteiger partial charge on any atom is 0.0900 e. The van der Waals surface area contributed by atoms with Crippen LogP contribution in [0.4, 0.5) is 0 Å². The van der Waals surface area contributed by atoms with Gasteiger partial charge in [-0.05, 0) is 65.1 Å². The summed E-state index contributed by atoms with van der Waals surface area (Å²) in [5.41, 5.74) is 8.43. The van der Waals surface area contributed by atoms with Crippen molar-refractivity contribution in [1.29, 1.82) is 0 Å². The van der Waals surface area contributed by atoms with E-state index in [1.165, 1.54) is 11.1 Å². The third-order valence-corrected chi connectivity index (χ3v) is 4.68. The third kappa shape index (κ3) is 3.27. The summed E-state index contributed by atoms with van der Waals surface area (Å²) >= 11 is 0. The minimum absolute atomic E-state index is 0.850. The molecule has 0 bridgehead atoms. The van der Waals surface area contributed by atoms with Gasteiger partial charge in [-0.3, -0.25) is 9.97 Å². The highest BCUT2D eigenvalue weighted by molar-refractivity contribution is 5.80. The van der Waals surface area contributed by atoms with Crippen LogP contribution in [0.2, 0.25) is 0 Å². The number of allylic oxidation sites excluding steroid dienone is 2. The number of rotatable bonds is 4. The molecule has 27 heavy (non-hydrogen) atoms. The maximum atomic E-state index is 4.82. The molecule has 4 aromatic rings. The molecule has 0 aliphatic heterocycles. The molecule has 128 valence electrons. The minimum Gasteiger partial charge on any atom is -0.255 e. The molecule has 1 aliphatic rings. The van der Waals surface area contributed by atoms with E-state index in [1.807, 2.05) is 36.4 Å². The molecule has 0 saturated carbocycles. The van der Waals surface area contributed by atoms with E-state index >= 15 is 0 Å². The third-order valence-electron chi connectivity index (χ3n) is 4.68. The summed E-state index contributed by atoms with van der Waals surface area (Å²) in [6, 6.07) is 24.7. The van der Waals surface area contributed by atoms with Crippen LogP contribution in [-0.2, 0) is 0 Å². The van der Waals surface area contributed by atoms with Gasteiger partial charge in [-0.15, -0.1) is 0 Å². The van der Waals surface area contributed by atoms with Gasteiger partial charge in [-0.1, -0.05) is 42.5 Å². The van der Waals surface area contributed by atoms with Gasteiger partial charge in [0.05, 0.1) is 22.8 Å². The fourth-order valence-electron chi connectivity index (χ4n) is 3.15. The van der Waals surface area contributed by atoms with Crippen LogP contribution in [-0.4, -0.2) is 15.0 Å². The first kappa shape index (κ1) is 15.6. The predicted octanol–water partition coefficient (Wildman–Crippen LogP) is 5.66. The van der Waals surface area contributed by atoms with Crippen LogP contribution in [0.3, 0.4) is 0 Å². The number of pyridine rings is 3. The molecule has 0 spiro atoms. The Morgan fingerprint density at radius 1 is 0.556 bits per heavy atom. The largest absolute Gasteiger partial charge is 0.255 e. The van der Waals surface area contributed by atoms with E-state index in [2.05, 4.69) is 52.4 Å². The highest BCUT2D eigenvalue weighted by Crippen LogP contribution is 2.33. The van der Waals surface area contributed by atoms with Gasteiger partial charge in [0.2, 0.25) is 0 Å². The second-order valence-electron chi connectivity index (χ2n) is 6.57. The summed E-state index contributed by atoms with van der Waals surface area (Å²) in [6.07, 6.45) is 6.95. The van der Waals surface area contributed by atoms with Crippen molar-refractivity contribution in [3.63, 3.8) is 0 Å². The molecule has 3 aromatic heterocycles. The Kier molecular flexibility index (Phi) is 3.83. The van der Waals surface area contributed by atoms with Gasteiger partial charge in [0.15, 0.2) is 0 Å². The van der Waals surface area contributed by atoms with Crippen molar-refractivity contribution in [3.8, 4) is 33.9 Å².